The molecule has 0 bridgehead atoms. The van der Waals surface area contributed by atoms with E-state index in [0.29, 0.717) is 0 Å². The monoisotopic (exact) mass is 186 g/mol. The molecule has 0 amide bonds. The van der Waals surface area contributed by atoms with Crippen LogP contribution >= 0.6 is 0 Å². The lowest BCUT2D eigenvalue weighted by Gasteiger charge is -2.38. The van der Waals surface area contributed by atoms with Gasteiger partial charge in [-0.3, -0.25) is 0 Å². The fourth-order valence-corrected chi connectivity index (χ4v) is 1.50. The van der Waals surface area contributed by atoms with E-state index in [1.807, 2.05) is 18.2 Å². The topological polar surface area (TPSA) is 0 Å². The van der Waals surface area contributed by atoms with Crippen LogP contribution in [0, 0.1) is 17.8 Å². The summed E-state index contributed by atoms with van der Waals surface area (Å²) >= 11 is 0. The summed E-state index contributed by atoms with van der Waals surface area (Å²) < 4.78 is 0. The lowest BCUT2D eigenvalue weighted by Crippen LogP contribution is -2.35. The summed E-state index contributed by atoms with van der Waals surface area (Å²) in [5.74, 6) is 2.93. The van der Waals surface area contributed by atoms with Crippen LogP contribution in [0.15, 0.2) is 30.3 Å². The summed E-state index contributed by atoms with van der Waals surface area (Å²) in [6, 6.07) is 10.3. The van der Waals surface area contributed by atoms with E-state index in [2.05, 4.69) is 45.7 Å². The standard InChI is InChI=1S/C14H18/c1-6-14(5,13(2,3)4)12-10-8-7-9-11-12/h1,7-11H,2-5H3/t14-/m1/s1. The molecule has 0 spiro atoms. The number of hydrogen-bond acceptors (Lipinski definition) is 0. The molecule has 0 aliphatic carbocycles. The molecule has 0 heterocycles. The molecule has 1 atom stereocenters. The average Bonchev–Trinajstić information content (AvgIpc) is 2.16. The Morgan fingerprint density at radius 1 is 1.00 bits per heavy atom. The first-order valence-corrected chi connectivity index (χ1v) is 4.95. The summed E-state index contributed by atoms with van der Waals surface area (Å²) in [5.41, 5.74) is 1.09. The molecule has 0 aliphatic heterocycles. The maximum atomic E-state index is 5.68. The van der Waals surface area contributed by atoms with Crippen LogP contribution in [0.5, 0.6) is 0 Å². The van der Waals surface area contributed by atoms with Crippen molar-refractivity contribution in [3.63, 3.8) is 0 Å². The highest BCUT2D eigenvalue weighted by Gasteiger charge is 2.37. The van der Waals surface area contributed by atoms with E-state index >= 15 is 0 Å². The van der Waals surface area contributed by atoms with Crippen molar-refractivity contribution >= 4 is 0 Å². The lowest BCUT2D eigenvalue weighted by molar-refractivity contribution is 0.270. The van der Waals surface area contributed by atoms with E-state index in [1.54, 1.807) is 0 Å². The van der Waals surface area contributed by atoms with Crippen LogP contribution in [-0.2, 0) is 5.41 Å². The predicted octanol–water partition coefficient (Wildman–Crippen LogP) is 3.62. The zero-order valence-corrected chi connectivity index (χ0v) is 9.46. The van der Waals surface area contributed by atoms with Crippen LogP contribution in [0.4, 0.5) is 0 Å². The van der Waals surface area contributed by atoms with Crippen molar-refractivity contribution in [2.45, 2.75) is 33.1 Å². The van der Waals surface area contributed by atoms with Gasteiger partial charge in [0.2, 0.25) is 0 Å². The first-order chi connectivity index (χ1) is 6.42. The molecule has 0 N–H and O–H groups in total. The van der Waals surface area contributed by atoms with Gasteiger partial charge in [-0.2, -0.15) is 0 Å². The molecule has 0 aromatic heterocycles. The Kier molecular flexibility index (Phi) is 2.71. The lowest BCUT2D eigenvalue weighted by atomic mass is 9.64. The van der Waals surface area contributed by atoms with E-state index in [4.69, 9.17) is 6.42 Å². The Balaban J connectivity index is 3.25. The van der Waals surface area contributed by atoms with Gasteiger partial charge in [-0.25, -0.2) is 0 Å². The molecule has 1 rings (SSSR count). The van der Waals surface area contributed by atoms with E-state index in [9.17, 15) is 0 Å². The smallest absolute Gasteiger partial charge is 0.0580 e. The van der Waals surface area contributed by atoms with Crippen LogP contribution in [0.25, 0.3) is 0 Å². The van der Waals surface area contributed by atoms with Gasteiger partial charge in [-0.15, -0.1) is 6.42 Å². The predicted molar refractivity (Wildman–Crippen MR) is 62.1 cm³/mol. The highest BCUT2D eigenvalue weighted by atomic mass is 14.4. The van der Waals surface area contributed by atoms with Crippen molar-refractivity contribution in [2.75, 3.05) is 0 Å². The quantitative estimate of drug-likeness (QED) is 0.588. The van der Waals surface area contributed by atoms with Crippen LogP contribution in [0.1, 0.15) is 33.3 Å². The SMILES string of the molecule is C#C[C@](C)(c1ccccc1)C(C)(C)C. The molecule has 0 heteroatoms. The fourth-order valence-electron chi connectivity index (χ4n) is 1.50. The third-order valence-corrected chi connectivity index (χ3v) is 3.14. The third kappa shape index (κ3) is 1.68. The second kappa shape index (κ2) is 3.50. The van der Waals surface area contributed by atoms with Crippen LogP contribution < -0.4 is 0 Å². The second-order valence-corrected chi connectivity index (χ2v) is 4.89. The van der Waals surface area contributed by atoms with Crippen molar-refractivity contribution in [2.24, 2.45) is 5.41 Å². The van der Waals surface area contributed by atoms with Gasteiger partial charge in [0.1, 0.15) is 0 Å². The molecule has 0 radical (unpaired) electrons. The summed E-state index contributed by atoms with van der Waals surface area (Å²) in [6.45, 7) is 8.67. The molecule has 0 nitrogen and oxygen atoms in total. The molecule has 0 fully saturated rings. The highest BCUT2D eigenvalue weighted by molar-refractivity contribution is 5.35. The molecule has 1 aromatic carbocycles. The van der Waals surface area contributed by atoms with Crippen molar-refractivity contribution in [3.05, 3.63) is 35.9 Å². The van der Waals surface area contributed by atoms with Gasteiger partial charge in [0, 0.05) is 0 Å². The maximum absolute atomic E-state index is 5.68. The Morgan fingerprint density at radius 2 is 1.50 bits per heavy atom. The summed E-state index contributed by atoms with van der Waals surface area (Å²) in [6.07, 6.45) is 5.68. The molecule has 0 saturated carbocycles. The van der Waals surface area contributed by atoms with Crippen LogP contribution in [-0.4, -0.2) is 0 Å². The van der Waals surface area contributed by atoms with E-state index in [-0.39, 0.29) is 10.8 Å². The maximum Gasteiger partial charge on any atom is 0.0580 e. The largest absolute Gasteiger partial charge is 0.119 e. The van der Waals surface area contributed by atoms with Gasteiger partial charge in [-0.05, 0) is 17.9 Å². The molecule has 0 saturated heterocycles. The van der Waals surface area contributed by atoms with Crippen LogP contribution in [0.2, 0.25) is 0 Å². The number of hydrogen-bond donors (Lipinski definition) is 0. The molecule has 1 aromatic rings. The van der Waals surface area contributed by atoms with Gasteiger partial charge >= 0.3 is 0 Å². The van der Waals surface area contributed by atoms with E-state index in [0.717, 1.165) is 0 Å². The Labute approximate surface area is 87.4 Å². The van der Waals surface area contributed by atoms with Gasteiger partial charge in [0.05, 0.1) is 5.41 Å². The highest BCUT2D eigenvalue weighted by Crippen LogP contribution is 2.40. The molecule has 14 heavy (non-hydrogen) atoms. The molecular weight excluding hydrogens is 168 g/mol. The van der Waals surface area contributed by atoms with Crippen molar-refractivity contribution in [1.29, 1.82) is 0 Å². The normalized spacial score (nSPS) is 15.6. The molecule has 74 valence electrons. The van der Waals surface area contributed by atoms with Gasteiger partial charge < -0.3 is 0 Å². The number of rotatable bonds is 1. The third-order valence-electron chi connectivity index (χ3n) is 3.14. The Bertz CT molecular complexity index is 335. The summed E-state index contributed by atoms with van der Waals surface area (Å²) in [5, 5.41) is 0. The molecule has 0 unspecified atom stereocenters. The van der Waals surface area contributed by atoms with Gasteiger partial charge in [0.15, 0.2) is 0 Å². The Hall–Kier alpha value is -1.22. The molecular formula is C14H18. The summed E-state index contributed by atoms with van der Waals surface area (Å²) in [4.78, 5) is 0. The van der Waals surface area contributed by atoms with Crippen molar-refractivity contribution < 1.29 is 0 Å². The first kappa shape index (κ1) is 10.9. The van der Waals surface area contributed by atoms with E-state index in [1.165, 1.54) is 5.56 Å². The zero-order chi connectivity index (χ0) is 10.8. The van der Waals surface area contributed by atoms with Crippen molar-refractivity contribution in [1.82, 2.24) is 0 Å². The second-order valence-electron chi connectivity index (χ2n) is 4.89. The minimum atomic E-state index is -0.200. The van der Waals surface area contributed by atoms with Crippen molar-refractivity contribution in [3.8, 4) is 12.3 Å². The first-order valence-electron chi connectivity index (χ1n) is 4.95. The summed E-state index contributed by atoms with van der Waals surface area (Å²) in [7, 11) is 0. The number of terminal acetylenes is 1. The molecule has 0 aliphatic rings. The Morgan fingerprint density at radius 3 is 1.86 bits per heavy atom. The number of benzene rings is 1. The van der Waals surface area contributed by atoms with Crippen LogP contribution in [0.3, 0.4) is 0 Å². The zero-order valence-electron chi connectivity index (χ0n) is 9.46. The fraction of sp³-hybridized carbons (Fsp3) is 0.429. The minimum Gasteiger partial charge on any atom is -0.119 e. The average molecular weight is 186 g/mol. The van der Waals surface area contributed by atoms with Gasteiger partial charge in [-0.1, -0.05) is 57.0 Å². The van der Waals surface area contributed by atoms with Gasteiger partial charge in [0.25, 0.3) is 0 Å². The minimum absolute atomic E-state index is 0.0725. The van der Waals surface area contributed by atoms with E-state index < -0.39 is 0 Å².